The molecule has 6 heteroatoms. The Morgan fingerprint density at radius 2 is 2.08 bits per heavy atom. The molecule has 0 unspecified atom stereocenters. The first-order chi connectivity index (χ1) is 5.37. The third-order valence-corrected chi connectivity index (χ3v) is 1.80. The van der Waals surface area contributed by atoms with Gasteiger partial charge in [0.2, 0.25) is 0 Å². The van der Waals surface area contributed by atoms with Crippen LogP contribution in [-0.2, 0) is 14.1 Å². The quantitative estimate of drug-likeness (QED) is 0.383. The molecule has 0 aliphatic rings. The van der Waals surface area contributed by atoms with Gasteiger partial charge in [-0.05, 0) is 6.92 Å². The van der Waals surface area contributed by atoms with E-state index in [2.05, 4.69) is 4.74 Å². The van der Waals surface area contributed by atoms with E-state index in [4.69, 9.17) is 9.79 Å². The Bertz CT molecular complexity index is 238. The van der Waals surface area contributed by atoms with Gasteiger partial charge in [-0.1, -0.05) is 6.08 Å². The van der Waals surface area contributed by atoms with Crippen molar-refractivity contribution >= 4 is 13.6 Å². The second-order valence-corrected chi connectivity index (χ2v) is 3.92. The lowest BCUT2D eigenvalue weighted by molar-refractivity contribution is -0.136. The monoisotopic (exact) mass is 194 g/mol. The minimum absolute atomic E-state index is 0.195. The number of carbonyl (C=O) groups excluding carboxylic acids is 1. The van der Waals surface area contributed by atoms with Crippen LogP contribution in [0.5, 0.6) is 0 Å². The van der Waals surface area contributed by atoms with Crippen molar-refractivity contribution < 1.29 is 23.9 Å². The first-order valence-electron chi connectivity index (χ1n) is 3.16. The fourth-order valence-electron chi connectivity index (χ4n) is 0.500. The summed E-state index contributed by atoms with van der Waals surface area (Å²) < 4.78 is 14.7. The Morgan fingerprint density at radius 1 is 1.58 bits per heavy atom. The fraction of sp³-hybridized carbons (Fsp3) is 0.500. The van der Waals surface area contributed by atoms with Crippen molar-refractivity contribution in [1.29, 1.82) is 0 Å². The van der Waals surface area contributed by atoms with E-state index in [-0.39, 0.29) is 5.57 Å². The standard InChI is InChI=1S/C6H11O5P/c1-5(6(7)11-2)3-4-12(8,9)10/h3H,4H2,1-2H3,(H2,8,9,10). The van der Waals surface area contributed by atoms with Gasteiger partial charge in [-0.2, -0.15) is 0 Å². The van der Waals surface area contributed by atoms with Crippen LogP contribution in [0.2, 0.25) is 0 Å². The van der Waals surface area contributed by atoms with Crippen LogP contribution < -0.4 is 0 Å². The Kier molecular flexibility index (Phi) is 4.17. The number of allylic oxidation sites excluding steroid dienone is 1. The average Bonchev–Trinajstić information content (AvgIpc) is 1.97. The maximum Gasteiger partial charge on any atom is 0.333 e. The van der Waals surface area contributed by atoms with Crippen LogP contribution in [0.1, 0.15) is 6.92 Å². The van der Waals surface area contributed by atoms with Crippen LogP contribution in [-0.4, -0.2) is 29.0 Å². The van der Waals surface area contributed by atoms with Gasteiger partial charge in [-0.15, -0.1) is 0 Å². The molecule has 0 aromatic heterocycles. The lowest BCUT2D eigenvalue weighted by atomic mass is 10.3. The highest BCUT2D eigenvalue weighted by atomic mass is 31.2. The number of methoxy groups -OCH3 is 1. The summed E-state index contributed by atoms with van der Waals surface area (Å²) in [6.45, 7) is 1.43. The van der Waals surface area contributed by atoms with E-state index in [1.807, 2.05) is 0 Å². The largest absolute Gasteiger partial charge is 0.466 e. The smallest absolute Gasteiger partial charge is 0.333 e. The fourth-order valence-corrected chi connectivity index (χ4v) is 1.01. The summed E-state index contributed by atoms with van der Waals surface area (Å²) in [5, 5.41) is 0. The molecule has 0 bridgehead atoms. The number of ether oxygens (including phenoxy) is 1. The van der Waals surface area contributed by atoms with Gasteiger partial charge < -0.3 is 14.5 Å². The summed E-state index contributed by atoms with van der Waals surface area (Å²) in [6.07, 6.45) is 0.723. The minimum atomic E-state index is -4.05. The van der Waals surface area contributed by atoms with Crippen molar-refractivity contribution in [2.24, 2.45) is 0 Å². The average molecular weight is 194 g/mol. The normalized spacial score (nSPS) is 12.8. The Labute approximate surface area is 70.2 Å². The van der Waals surface area contributed by atoms with Crippen molar-refractivity contribution in [2.75, 3.05) is 13.3 Å². The van der Waals surface area contributed by atoms with Crippen molar-refractivity contribution in [3.8, 4) is 0 Å². The van der Waals surface area contributed by atoms with Gasteiger partial charge in [0.1, 0.15) is 0 Å². The molecule has 0 saturated carbocycles. The first kappa shape index (κ1) is 11.4. The molecule has 70 valence electrons. The third kappa shape index (κ3) is 5.07. The summed E-state index contributed by atoms with van der Waals surface area (Å²) in [4.78, 5) is 27.6. The summed E-state index contributed by atoms with van der Waals surface area (Å²) in [5.41, 5.74) is 0.195. The van der Waals surface area contributed by atoms with Crippen molar-refractivity contribution in [3.05, 3.63) is 11.6 Å². The van der Waals surface area contributed by atoms with E-state index in [9.17, 15) is 9.36 Å². The van der Waals surface area contributed by atoms with Gasteiger partial charge in [0.25, 0.3) is 0 Å². The zero-order chi connectivity index (χ0) is 9.78. The summed E-state index contributed by atoms with van der Waals surface area (Å²) in [7, 11) is -2.85. The van der Waals surface area contributed by atoms with Gasteiger partial charge in [0.15, 0.2) is 0 Å². The lowest BCUT2D eigenvalue weighted by Crippen LogP contribution is -2.02. The highest BCUT2D eigenvalue weighted by molar-refractivity contribution is 7.51. The van der Waals surface area contributed by atoms with Crippen LogP contribution in [0.4, 0.5) is 0 Å². The maximum absolute atomic E-state index is 10.7. The molecule has 0 atom stereocenters. The molecule has 0 aliphatic carbocycles. The van der Waals surface area contributed by atoms with Crippen LogP contribution in [0.25, 0.3) is 0 Å². The molecular weight excluding hydrogens is 183 g/mol. The van der Waals surface area contributed by atoms with Crippen LogP contribution in [0.3, 0.4) is 0 Å². The predicted molar refractivity (Wildman–Crippen MR) is 42.7 cm³/mol. The van der Waals surface area contributed by atoms with E-state index in [0.717, 1.165) is 6.08 Å². The molecule has 0 fully saturated rings. The zero-order valence-electron chi connectivity index (χ0n) is 6.85. The number of hydrogen-bond acceptors (Lipinski definition) is 3. The van der Waals surface area contributed by atoms with Gasteiger partial charge in [0.05, 0.1) is 13.3 Å². The Morgan fingerprint density at radius 3 is 2.42 bits per heavy atom. The maximum atomic E-state index is 10.7. The highest BCUT2D eigenvalue weighted by Gasteiger charge is 2.11. The second kappa shape index (κ2) is 4.40. The SMILES string of the molecule is COC(=O)C(C)=CCP(=O)(O)O. The van der Waals surface area contributed by atoms with Crippen molar-refractivity contribution in [1.82, 2.24) is 0 Å². The van der Waals surface area contributed by atoms with E-state index in [0.29, 0.717) is 0 Å². The molecular formula is C6H11O5P. The van der Waals surface area contributed by atoms with Gasteiger partial charge in [-0.25, -0.2) is 4.79 Å². The van der Waals surface area contributed by atoms with Crippen molar-refractivity contribution in [2.45, 2.75) is 6.92 Å². The highest BCUT2D eigenvalue weighted by Crippen LogP contribution is 2.34. The first-order valence-corrected chi connectivity index (χ1v) is 4.96. The molecule has 5 nitrogen and oxygen atoms in total. The molecule has 0 aliphatic heterocycles. The number of esters is 1. The predicted octanol–water partition coefficient (Wildman–Crippen LogP) is 0.283. The molecule has 0 radical (unpaired) electrons. The molecule has 0 heterocycles. The third-order valence-electron chi connectivity index (χ3n) is 1.14. The Balaban J connectivity index is 4.20. The lowest BCUT2D eigenvalue weighted by Gasteiger charge is -2.00. The minimum Gasteiger partial charge on any atom is -0.466 e. The topological polar surface area (TPSA) is 83.8 Å². The molecule has 0 spiro atoms. The number of hydrogen-bond donors (Lipinski definition) is 2. The number of rotatable bonds is 3. The zero-order valence-corrected chi connectivity index (χ0v) is 7.75. The molecule has 0 saturated heterocycles. The molecule has 0 aromatic carbocycles. The van der Waals surface area contributed by atoms with E-state index in [1.165, 1.54) is 14.0 Å². The van der Waals surface area contributed by atoms with Gasteiger partial charge in [-0.3, -0.25) is 4.57 Å². The second-order valence-electron chi connectivity index (χ2n) is 2.23. The van der Waals surface area contributed by atoms with Gasteiger partial charge >= 0.3 is 13.6 Å². The molecule has 2 N–H and O–H groups in total. The van der Waals surface area contributed by atoms with Gasteiger partial charge in [0, 0.05) is 5.57 Å². The molecule has 0 rings (SSSR count). The van der Waals surface area contributed by atoms with Crippen LogP contribution >= 0.6 is 7.60 Å². The van der Waals surface area contributed by atoms with Crippen LogP contribution in [0.15, 0.2) is 11.6 Å². The van der Waals surface area contributed by atoms with Crippen molar-refractivity contribution in [3.63, 3.8) is 0 Å². The van der Waals surface area contributed by atoms with E-state index in [1.54, 1.807) is 0 Å². The molecule has 0 aromatic rings. The summed E-state index contributed by atoms with van der Waals surface area (Å²) >= 11 is 0. The molecule has 0 amide bonds. The summed E-state index contributed by atoms with van der Waals surface area (Å²) in [6, 6.07) is 0. The summed E-state index contributed by atoms with van der Waals surface area (Å²) in [5.74, 6) is -0.580. The molecule has 12 heavy (non-hydrogen) atoms. The van der Waals surface area contributed by atoms with Crippen LogP contribution in [0, 0.1) is 0 Å². The Hall–Kier alpha value is -0.640. The number of carbonyl (C=O) groups is 1. The van der Waals surface area contributed by atoms with E-state index < -0.39 is 19.7 Å². The van der Waals surface area contributed by atoms with E-state index >= 15 is 0 Å².